The molecule has 22 heavy (non-hydrogen) atoms. The molecule has 1 aromatic carbocycles. The summed E-state index contributed by atoms with van der Waals surface area (Å²) in [5, 5.41) is 3.27. The van der Waals surface area contributed by atoms with Gasteiger partial charge in [-0.05, 0) is 24.1 Å². The van der Waals surface area contributed by atoms with Crippen molar-refractivity contribution >= 4 is 17.4 Å². The summed E-state index contributed by atoms with van der Waals surface area (Å²) in [7, 11) is 1.35. The van der Waals surface area contributed by atoms with E-state index in [-0.39, 0.29) is 5.75 Å². The number of rotatable bonds is 6. The third-order valence-corrected chi connectivity index (χ3v) is 3.18. The van der Waals surface area contributed by atoms with E-state index in [1.54, 1.807) is 6.07 Å². The topological polar surface area (TPSA) is 47.0 Å². The van der Waals surface area contributed by atoms with Gasteiger partial charge in [0.05, 0.1) is 12.7 Å². The number of hydrogen-bond acceptors (Lipinski definition) is 4. The summed E-state index contributed by atoms with van der Waals surface area (Å²) < 4.78 is 44.0. The molecule has 8 heteroatoms. The van der Waals surface area contributed by atoms with Crippen molar-refractivity contribution in [2.75, 3.05) is 19.0 Å². The van der Waals surface area contributed by atoms with Crippen LogP contribution in [0.4, 0.5) is 19.0 Å². The summed E-state index contributed by atoms with van der Waals surface area (Å²) >= 11 is 5.72. The van der Waals surface area contributed by atoms with E-state index in [1.807, 2.05) is 0 Å². The summed E-state index contributed by atoms with van der Waals surface area (Å²) in [4.78, 5) is 7.70. The highest BCUT2D eigenvalue weighted by Gasteiger charge is 2.17. The lowest BCUT2D eigenvalue weighted by Gasteiger charge is -2.12. The number of alkyl halides is 2. The zero-order valence-corrected chi connectivity index (χ0v) is 12.4. The van der Waals surface area contributed by atoms with Gasteiger partial charge in [0, 0.05) is 12.6 Å². The first-order valence-corrected chi connectivity index (χ1v) is 6.75. The van der Waals surface area contributed by atoms with E-state index >= 15 is 0 Å². The lowest BCUT2D eigenvalue weighted by Crippen LogP contribution is -2.08. The molecule has 0 aliphatic heterocycles. The second-order valence-corrected chi connectivity index (χ2v) is 4.78. The molecule has 0 bridgehead atoms. The minimum absolute atomic E-state index is 0.221. The molecule has 4 nitrogen and oxygen atoms in total. The minimum Gasteiger partial charge on any atom is -0.496 e. The minimum atomic E-state index is -2.88. The Hall–Kier alpha value is -2.02. The van der Waals surface area contributed by atoms with E-state index in [1.165, 1.54) is 13.4 Å². The lowest BCUT2D eigenvalue weighted by atomic mass is 10.1. The van der Waals surface area contributed by atoms with Crippen molar-refractivity contribution in [3.8, 4) is 5.75 Å². The van der Waals surface area contributed by atoms with Crippen LogP contribution in [0.3, 0.4) is 0 Å². The van der Waals surface area contributed by atoms with Gasteiger partial charge >= 0.3 is 0 Å². The van der Waals surface area contributed by atoms with Crippen molar-refractivity contribution in [1.29, 1.82) is 0 Å². The van der Waals surface area contributed by atoms with Crippen LogP contribution in [0.25, 0.3) is 0 Å². The first kappa shape index (κ1) is 16.4. The molecule has 0 radical (unpaired) electrons. The largest absolute Gasteiger partial charge is 0.496 e. The van der Waals surface area contributed by atoms with Crippen LogP contribution in [0.15, 0.2) is 24.5 Å². The molecule has 0 aliphatic rings. The molecule has 0 atom stereocenters. The maximum atomic E-state index is 13.6. The van der Waals surface area contributed by atoms with Crippen molar-refractivity contribution < 1.29 is 17.9 Å². The summed E-state index contributed by atoms with van der Waals surface area (Å²) in [6, 6.07) is 3.63. The van der Waals surface area contributed by atoms with Gasteiger partial charge < -0.3 is 10.1 Å². The fourth-order valence-corrected chi connectivity index (χ4v) is 2.07. The Bertz CT molecular complexity index is 655. The van der Waals surface area contributed by atoms with Gasteiger partial charge in [0.1, 0.15) is 28.9 Å². The van der Waals surface area contributed by atoms with Gasteiger partial charge in [-0.2, -0.15) is 0 Å². The fourth-order valence-electron chi connectivity index (χ4n) is 1.92. The molecule has 0 unspecified atom stereocenters. The van der Waals surface area contributed by atoms with Gasteiger partial charge in [-0.15, -0.1) is 0 Å². The van der Waals surface area contributed by atoms with Crippen LogP contribution in [0, 0.1) is 5.82 Å². The summed E-state index contributed by atoms with van der Waals surface area (Å²) in [6.45, 7) is 0.400. The Balaban J connectivity index is 2.07. The number of methoxy groups -OCH3 is 1. The van der Waals surface area contributed by atoms with Gasteiger partial charge in [0.15, 0.2) is 0 Å². The summed E-state index contributed by atoms with van der Waals surface area (Å²) in [6.07, 6.45) is -1.21. The van der Waals surface area contributed by atoms with Gasteiger partial charge in [-0.3, -0.25) is 0 Å². The maximum Gasteiger partial charge on any atom is 0.266 e. The molecule has 1 aromatic heterocycles. The van der Waals surface area contributed by atoms with Crippen molar-refractivity contribution in [3.63, 3.8) is 0 Å². The maximum absolute atomic E-state index is 13.6. The smallest absolute Gasteiger partial charge is 0.266 e. The van der Waals surface area contributed by atoms with Crippen LogP contribution in [0.2, 0.25) is 5.15 Å². The third kappa shape index (κ3) is 4.00. The summed E-state index contributed by atoms with van der Waals surface area (Å²) in [5.74, 6) is -0.210. The first-order valence-electron chi connectivity index (χ1n) is 6.37. The molecule has 0 saturated carbocycles. The van der Waals surface area contributed by atoms with E-state index in [0.29, 0.717) is 29.5 Å². The molecule has 0 amide bonds. The Morgan fingerprint density at radius 3 is 2.68 bits per heavy atom. The first-order chi connectivity index (χ1) is 10.5. The Kier molecular flexibility index (Phi) is 5.43. The predicted molar refractivity (Wildman–Crippen MR) is 77.1 cm³/mol. The number of halogens is 4. The van der Waals surface area contributed by atoms with E-state index in [0.717, 1.165) is 12.1 Å². The highest BCUT2D eigenvalue weighted by Crippen LogP contribution is 2.29. The van der Waals surface area contributed by atoms with E-state index in [2.05, 4.69) is 15.3 Å². The van der Waals surface area contributed by atoms with Crippen LogP contribution in [0.1, 0.15) is 17.6 Å². The molecule has 0 fully saturated rings. The molecule has 1 heterocycles. The lowest BCUT2D eigenvalue weighted by molar-refractivity contribution is 0.146. The molecular weight excluding hydrogens is 319 g/mol. The Morgan fingerprint density at radius 1 is 1.27 bits per heavy atom. The number of benzene rings is 1. The number of ether oxygens (including phenoxy) is 1. The van der Waals surface area contributed by atoms with Crippen LogP contribution in [0.5, 0.6) is 5.75 Å². The SMILES string of the molecule is COc1cc(C(F)F)c(F)cc1CCNc1cc(Cl)ncn1. The van der Waals surface area contributed by atoms with E-state index < -0.39 is 17.8 Å². The highest BCUT2D eigenvalue weighted by molar-refractivity contribution is 6.29. The van der Waals surface area contributed by atoms with E-state index in [4.69, 9.17) is 16.3 Å². The zero-order chi connectivity index (χ0) is 16.1. The van der Waals surface area contributed by atoms with E-state index in [9.17, 15) is 13.2 Å². The van der Waals surface area contributed by atoms with Crippen LogP contribution < -0.4 is 10.1 Å². The number of nitrogens with one attached hydrogen (secondary N) is 1. The molecule has 0 aliphatic carbocycles. The number of anilines is 1. The quantitative estimate of drug-likeness (QED) is 0.816. The van der Waals surface area contributed by atoms with Crippen LogP contribution in [-0.4, -0.2) is 23.6 Å². The van der Waals surface area contributed by atoms with Gasteiger partial charge in [0.2, 0.25) is 0 Å². The average molecular weight is 332 g/mol. The molecule has 0 spiro atoms. The van der Waals surface area contributed by atoms with Crippen LogP contribution in [-0.2, 0) is 6.42 Å². The van der Waals surface area contributed by atoms with Crippen molar-refractivity contribution in [3.05, 3.63) is 46.6 Å². The van der Waals surface area contributed by atoms with Gasteiger partial charge in [0.25, 0.3) is 6.43 Å². The standard InChI is InChI=1S/C14H13ClF3N3O/c1-22-11-5-9(14(17)18)10(16)4-8(11)2-3-19-13-6-12(15)20-7-21-13/h4-7,14H,2-3H2,1H3,(H,19,20,21). The second-order valence-electron chi connectivity index (χ2n) is 4.39. The monoisotopic (exact) mass is 331 g/mol. The number of nitrogens with zero attached hydrogens (tertiary/aromatic N) is 2. The average Bonchev–Trinajstić information content (AvgIpc) is 2.47. The fraction of sp³-hybridized carbons (Fsp3) is 0.286. The van der Waals surface area contributed by atoms with Gasteiger partial charge in [-0.25, -0.2) is 23.1 Å². The van der Waals surface area contributed by atoms with Crippen molar-refractivity contribution in [1.82, 2.24) is 9.97 Å². The highest BCUT2D eigenvalue weighted by atomic mass is 35.5. The zero-order valence-electron chi connectivity index (χ0n) is 11.6. The molecule has 2 aromatic rings. The van der Waals surface area contributed by atoms with Gasteiger partial charge in [-0.1, -0.05) is 11.6 Å². The summed E-state index contributed by atoms with van der Waals surface area (Å²) in [5.41, 5.74) is -0.187. The number of hydrogen-bond donors (Lipinski definition) is 1. The normalized spacial score (nSPS) is 10.8. The Labute approximate surface area is 130 Å². The molecule has 2 rings (SSSR count). The predicted octanol–water partition coefficient (Wildman–Crippen LogP) is 3.87. The number of aromatic nitrogens is 2. The Morgan fingerprint density at radius 2 is 2.05 bits per heavy atom. The molecule has 0 saturated heterocycles. The molecular formula is C14H13ClF3N3O. The van der Waals surface area contributed by atoms with Crippen molar-refractivity contribution in [2.24, 2.45) is 0 Å². The molecule has 1 N–H and O–H groups in total. The van der Waals surface area contributed by atoms with Crippen molar-refractivity contribution in [2.45, 2.75) is 12.8 Å². The van der Waals surface area contributed by atoms with Crippen LogP contribution >= 0.6 is 11.6 Å². The second kappa shape index (κ2) is 7.31. The third-order valence-electron chi connectivity index (χ3n) is 2.97. The molecule has 118 valence electrons.